The van der Waals surface area contributed by atoms with Gasteiger partial charge in [-0.2, -0.15) is 18.3 Å². The summed E-state index contributed by atoms with van der Waals surface area (Å²) in [4.78, 5) is 13.3. The molecule has 1 unspecified atom stereocenters. The van der Waals surface area contributed by atoms with Crippen LogP contribution in [0.2, 0.25) is 0 Å². The number of hydrogen-bond acceptors (Lipinski definition) is 3. The predicted molar refractivity (Wildman–Crippen MR) is 135 cm³/mol. The molecule has 8 heteroatoms. The van der Waals surface area contributed by atoms with E-state index in [1.54, 1.807) is 6.07 Å². The minimum absolute atomic E-state index is 0.217. The van der Waals surface area contributed by atoms with Crippen LogP contribution in [0.25, 0.3) is 0 Å². The van der Waals surface area contributed by atoms with Crippen LogP contribution in [-0.4, -0.2) is 21.7 Å². The highest BCUT2D eigenvalue weighted by molar-refractivity contribution is 5.95. The van der Waals surface area contributed by atoms with Crippen molar-refractivity contribution in [2.75, 3.05) is 5.32 Å². The number of carbonyl (C=O) groups excluding carboxylic acids is 1. The predicted octanol–water partition coefficient (Wildman–Crippen LogP) is 6.61. The molecule has 3 aromatic rings. The molecule has 1 aromatic heterocycles. The van der Waals surface area contributed by atoms with Crippen molar-refractivity contribution in [3.63, 3.8) is 0 Å². The number of nitrogens with zero attached hydrogens (tertiary/aromatic N) is 2. The Morgan fingerprint density at radius 3 is 2.44 bits per heavy atom. The first kappa shape index (κ1) is 25.9. The number of rotatable bonds is 5. The van der Waals surface area contributed by atoms with Crippen molar-refractivity contribution in [2.45, 2.75) is 76.7 Å². The lowest BCUT2D eigenvalue weighted by molar-refractivity contribution is -0.137. The van der Waals surface area contributed by atoms with Gasteiger partial charge in [0.2, 0.25) is 5.91 Å². The van der Waals surface area contributed by atoms with Crippen molar-refractivity contribution in [1.82, 2.24) is 15.1 Å². The van der Waals surface area contributed by atoms with Crippen molar-refractivity contribution in [1.29, 1.82) is 0 Å². The molecule has 0 radical (unpaired) electrons. The third-order valence-corrected chi connectivity index (χ3v) is 6.66. The van der Waals surface area contributed by atoms with E-state index in [1.165, 1.54) is 6.07 Å². The lowest BCUT2D eigenvalue weighted by Gasteiger charge is -2.21. The average molecular weight is 499 g/mol. The zero-order valence-corrected chi connectivity index (χ0v) is 21.2. The Labute approximate surface area is 210 Å². The number of halogens is 3. The second-order valence-corrected chi connectivity index (χ2v) is 10.8. The van der Waals surface area contributed by atoms with Gasteiger partial charge in [-0.3, -0.25) is 14.8 Å². The van der Waals surface area contributed by atoms with Crippen molar-refractivity contribution in [3.05, 3.63) is 83.2 Å². The van der Waals surface area contributed by atoms with E-state index in [0.29, 0.717) is 23.6 Å². The molecule has 1 saturated heterocycles. The zero-order chi connectivity index (χ0) is 26.3. The second-order valence-electron chi connectivity index (χ2n) is 10.8. The van der Waals surface area contributed by atoms with Crippen molar-refractivity contribution in [3.8, 4) is 0 Å². The van der Waals surface area contributed by atoms with Crippen LogP contribution < -0.4 is 10.6 Å². The number of aromatic nitrogens is 2. The summed E-state index contributed by atoms with van der Waals surface area (Å²) >= 11 is 0. The number of nitrogens with one attached hydrogen (secondary N) is 2. The summed E-state index contributed by atoms with van der Waals surface area (Å²) in [6, 6.07) is 13.8. The average Bonchev–Trinajstić information content (AvgIpc) is 3.46. The quantitative estimate of drug-likeness (QED) is 0.416. The van der Waals surface area contributed by atoms with E-state index >= 15 is 0 Å². The molecule has 4 rings (SSSR count). The summed E-state index contributed by atoms with van der Waals surface area (Å²) in [7, 11) is 0. The molecular formula is C28H33F3N4O. The van der Waals surface area contributed by atoms with E-state index in [-0.39, 0.29) is 17.4 Å². The topological polar surface area (TPSA) is 59.0 Å². The summed E-state index contributed by atoms with van der Waals surface area (Å²) in [6.45, 7) is 10.3. The smallest absolute Gasteiger partial charge is 0.325 e. The monoisotopic (exact) mass is 498 g/mol. The first-order chi connectivity index (χ1) is 16.8. The molecule has 2 heterocycles. The van der Waals surface area contributed by atoms with Gasteiger partial charge in [-0.15, -0.1) is 0 Å². The van der Waals surface area contributed by atoms with Gasteiger partial charge in [-0.25, -0.2) is 0 Å². The summed E-state index contributed by atoms with van der Waals surface area (Å²) < 4.78 is 42.2. The van der Waals surface area contributed by atoms with E-state index in [0.717, 1.165) is 23.4 Å². The van der Waals surface area contributed by atoms with Crippen LogP contribution in [0.5, 0.6) is 0 Å². The van der Waals surface area contributed by atoms with Crippen molar-refractivity contribution >= 4 is 11.6 Å². The number of benzene rings is 2. The van der Waals surface area contributed by atoms with Crippen molar-refractivity contribution in [2.24, 2.45) is 0 Å². The molecule has 1 amide bonds. The number of amides is 1. The molecule has 2 N–H and O–H groups in total. The third-order valence-electron chi connectivity index (χ3n) is 6.66. The molecule has 0 saturated carbocycles. The number of anilines is 1. The maximum Gasteiger partial charge on any atom is 0.416 e. The Morgan fingerprint density at radius 1 is 1.08 bits per heavy atom. The molecule has 1 aliphatic heterocycles. The number of hydrogen-bond donors (Lipinski definition) is 2. The van der Waals surface area contributed by atoms with Gasteiger partial charge in [0.25, 0.3) is 0 Å². The highest BCUT2D eigenvalue weighted by Gasteiger charge is 2.41. The van der Waals surface area contributed by atoms with Gasteiger partial charge < -0.3 is 5.32 Å². The fourth-order valence-corrected chi connectivity index (χ4v) is 4.62. The maximum atomic E-state index is 13.4. The maximum absolute atomic E-state index is 13.4. The Kier molecular flexibility index (Phi) is 7.01. The summed E-state index contributed by atoms with van der Waals surface area (Å²) in [5.41, 5.74) is 2.09. The minimum Gasteiger partial charge on any atom is -0.325 e. The van der Waals surface area contributed by atoms with Gasteiger partial charge in [0.1, 0.15) is 0 Å². The van der Waals surface area contributed by atoms with E-state index in [2.05, 4.69) is 24.5 Å². The Bertz CT molecular complexity index is 1230. The molecule has 3 atom stereocenters. The number of alkyl halides is 3. The van der Waals surface area contributed by atoms with Crippen LogP contribution in [0.1, 0.15) is 81.3 Å². The highest BCUT2D eigenvalue weighted by Crippen LogP contribution is 2.41. The van der Waals surface area contributed by atoms with E-state index in [1.807, 2.05) is 62.0 Å². The van der Waals surface area contributed by atoms with E-state index in [4.69, 9.17) is 5.10 Å². The molecule has 0 aliphatic carbocycles. The fraction of sp³-hybridized carbons (Fsp3) is 0.429. The first-order valence-corrected chi connectivity index (χ1v) is 12.2. The number of carbonyl (C=O) groups is 1. The van der Waals surface area contributed by atoms with Crippen LogP contribution in [-0.2, 0) is 16.5 Å². The van der Waals surface area contributed by atoms with Crippen LogP contribution in [0.4, 0.5) is 18.9 Å². The van der Waals surface area contributed by atoms with Gasteiger partial charge >= 0.3 is 6.18 Å². The molecule has 2 aromatic carbocycles. The van der Waals surface area contributed by atoms with Gasteiger partial charge in [-0.05, 0) is 74.6 Å². The molecule has 1 aliphatic rings. The van der Waals surface area contributed by atoms with E-state index < -0.39 is 23.8 Å². The molecule has 5 nitrogen and oxygen atoms in total. The Hall–Kier alpha value is -3.13. The van der Waals surface area contributed by atoms with Crippen LogP contribution in [0, 0.1) is 0 Å². The highest BCUT2D eigenvalue weighted by atomic mass is 19.4. The van der Waals surface area contributed by atoms with Crippen LogP contribution in [0.15, 0.2) is 60.8 Å². The molecule has 1 fully saturated rings. The Morgan fingerprint density at radius 2 is 1.81 bits per heavy atom. The van der Waals surface area contributed by atoms with E-state index in [9.17, 15) is 18.0 Å². The van der Waals surface area contributed by atoms with Gasteiger partial charge in [0.15, 0.2) is 0 Å². The molecule has 0 spiro atoms. The molecule has 192 valence electrons. The Balaban J connectivity index is 1.64. The van der Waals surface area contributed by atoms with Crippen LogP contribution in [0.3, 0.4) is 0 Å². The lowest BCUT2D eigenvalue weighted by atomic mass is 9.90. The standard InChI is InChI=1S/C28H33F3N4O/c1-17(2)18-8-7-11-21(15-18)32-26(36)24-16-22(23-12-13-35(34-23)27(3,4)5)25(33-24)19-9-6-10-20(14-19)28(29,30)31/h6-15,17,22,24-25,33H,16H2,1-5H3,(H,32,36)/t22?,24-,25-/m0/s1. The van der Waals surface area contributed by atoms with Gasteiger partial charge in [0, 0.05) is 23.8 Å². The first-order valence-electron chi connectivity index (χ1n) is 12.2. The van der Waals surface area contributed by atoms with Crippen molar-refractivity contribution < 1.29 is 18.0 Å². The second kappa shape index (κ2) is 9.73. The largest absolute Gasteiger partial charge is 0.416 e. The zero-order valence-electron chi connectivity index (χ0n) is 21.2. The summed E-state index contributed by atoms with van der Waals surface area (Å²) in [5, 5.41) is 11.0. The fourth-order valence-electron chi connectivity index (χ4n) is 4.62. The normalized spacial score (nSPS) is 20.6. The lowest BCUT2D eigenvalue weighted by Crippen LogP contribution is -2.36. The summed E-state index contributed by atoms with van der Waals surface area (Å²) in [6.07, 6.45) is -2.16. The SMILES string of the molecule is CC(C)c1cccc(NC(=O)[C@@H]2CC(c3ccn(C(C)(C)C)n3)[C@H](c3cccc(C(F)(F)F)c3)N2)c1. The van der Waals surface area contributed by atoms with Crippen LogP contribution >= 0.6 is 0 Å². The van der Waals surface area contributed by atoms with Gasteiger partial charge in [-0.1, -0.05) is 38.1 Å². The third kappa shape index (κ3) is 5.64. The molecule has 0 bridgehead atoms. The minimum atomic E-state index is -4.45. The molecular weight excluding hydrogens is 465 g/mol. The van der Waals surface area contributed by atoms with Gasteiger partial charge in [0.05, 0.1) is 22.8 Å². The summed E-state index contributed by atoms with van der Waals surface area (Å²) in [5.74, 6) is -0.167. The molecule has 36 heavy (non-hydrogen) atoms.